The normalized spacial score (nSPS) is 21.8. The van der Waals surface area contributed by atoms with Crippen molar-refractivity contribution in [2.45, 2.75) is 81.9 Å². The molecule has 0 radical (unpaired) electrons. The second kappa shape index (κ2) is 16.5. The van der Waals surface area contributed by atoms with E-state index in [9.17, 15) is 31.6 Å². The van der Waals surface area contributed by atoms with Crippen molar-refractivity contribution < 1.29 is 45.6 Å². The van der Waals surface area contributed by atoms with Crippen molar-refractivity contribution in [1.29, 1.82) is 0 Å². The lowest BCUT2D eigenvalue weighted by atomic mass is 9.85. The second-order valence-corrected chi connectivity index (χ2v) is 20.3. The molecule has 1 aliphatic heterocycles. The number of aromatic nitrogens is 3. The van der Waals surface area contributed by atoms with Gasteiger partial charge in [0.2, 0.25) is 34.1 Å². The number of fused-ring (bicyclic) bond motifs is 1. The Bertz CT molecular complexity index is 2660. The fourth-order valence-corrected chi connectivity index (χ4v) is 9.93. The molecule has 4 heterocycles. The predicted octanol–water partition coefficient (Wildman–Crippen LogP) is 6.95. The predicted molar refractivity (Wildman–Crippen MR) is 228 cm³/mol. The van der Waals surface area contributed by atoms with Crippen LogP contribution in [0.25, 0.3) is 33.5 Å². The lowest BCUT2D eigenvalue weighted by molar-refractivity contribution is -0.141. The number of benzene rings is 2. The summed E-state index contributed by atoms with van der Waals surface area (Å²) < 4.78 is 73.4. The van der Waals surface area contributed by atoms with E-state index in [-0.39, 0.29) is 18.8 Å². The summed E-state index contributed by atoms with van der Waals surface area (Å²) in [5, 5.41) is 13.2. The van der Waals surface area contributed by atoms with Crippen LogP contribution >= 0.6 is 34.5 Å². The van der Waals surface area contributed by atoms with Gasteiger partial charge in [-0.15, -0.1) is 11.3 Å². The number of carbonyl (C=O) groups is 3. The van der Waals surface area contributed by atoms with Crippen LogP contribution in [0.15, 0.2) is 64.6 Å². The maximum Gasteiger partial charge on any atom is 0.259 e. The van der Waals surface area contributed by atoms with Gasteiger partial charge in [-0.05, 0) is 55.0 Å². The van der Waals surface area contributed by atoms with Crippen molar-refractivity contribution in [3.63, 3.8) is 0 Å². The number of pyridine rings is 1. The highest BCUT2D eigenvalue weighted by atomic mass is 35.5. The first kappa shape index (κ1) is 43.5. The number of nitrogens with one attached hydrogen (secondary N) is 3. The minimum Gasteiger partial charge on any atom is -0.494 e. The molecule has 0 unspecified atom stereocenters. The quantitative estimate of drug-likeness (QED) is 0.104. The number of likely N-dealkylation sites (tertiary alicyclic amines) is 1. The van der Waals surface area contributed by atoms with Crippen LogP contribution in [0.1, 0.15) is 46.5 Å². The van der Waals surface area contributed by atoms with Crippen LogP contribution in [0.2, 0.25) is 10.0 Å². The molecule has 0 bridgehead atoms. The van der Waals surface area contributed by atoms with E-state index in [1.54, 1.807) is 53.9 Å². The van der Waals surface area contributed by atoms with E-state index < -0.39 is 80.9 Å². The van der Waals surface area contributed by atoms with E-state index >= 15 is 0 Å². The standard InChI is InChI=1S/C41H41Cl2F2N7O8S2/c1-40(2,3)33(48-39-47-29(19-61-39)31-15-28(50-60-31)20-5-7-21(42)8-6-20)37(54)52-18-23(59-36-26-13-22(43)9-12-25(26)32(58-4)17-46-36)14-30(52)35(53)49-41(16-27(41)34(44)45)38(55)51-62(56,57)24-10-11-24/h5-9,12-13,15,17,19,23-24,27,30,33-34H,10-11,14,16,18H2,1-4H3,(H,47,48)(H,49,53)(H,51,55)/t23-,27+,30+,33-,41-/m1/s1. The number of ether oxygens (including phenoxy) is 2. The molecule has 3 fully saturated rings. The number of rotatable bonds is 14. The van der Waals surface area contributed by atoms with Crippen molar-refractivity contribution in [2.75, 3.05) is 19.0 Å². The van der Waals surface area contributed by atoms with Gasteiger partial charge in [0.25, 0.3) is 5.91 Å². The van der Waals surface area contributed by atoms with Crippen molar-refractivity contribution in [1.82, 2.24) is 30.1 Å². The SMILES string of the molecule is COc1cnc(O[C@@H]2C[C@@H](C(=O)N[C@]3(C(=O)NS(=O)(=O)C4CC4)C[C@H]3C(F)F)N(C(=O)[C@@H](Nc3nc(-c4cc(-c5ccc(Cl)cc5)no4)cs3)C(C)(C)C)C2)c2cc(Cl)ccc12. The van der Waals surface area contributed by atoms with Gasteiger partial charge in [-0.3, -0.25) is 19.1 Å². The number of carbonyl (C=O) groups excluding carboxylic acids is 3. The molecule has 2 aliphatic carbocycles. The summed E-state index contributed by atoms with van der Waals surface area (Å²) >= 11 is 13.6. The lowest BCUT2D eigenvalue weighted by Crippen LogP contribution is -2.59. The molecular formula is C41H41Cl2F2N7O8S2. The number of amides is 3. The summed E-state index contributed by atoms with van der Waals surface area (Å²) in [7, 11) is -2.66. The number of nitrogens with zero attached hydrogens (tertiary/aromatic N) is 4. The first-order chi connectivity index (χ1) is 29.4. The van der Waals surface area contributed by atoms with Crippen molar-refractivity contribution in [3.05, 3.63) is 70.2 Å². The smallest absolute Gasteiger partial charge is 0.259 e. The van der Waals surface area contributed by atoms with Crippen LogP contribution in [-0.4, -0.2) is 95.2 Å². The molecule has 21 heteroatoms. The Morgan fingerprint density at radius 3 is 2.42 bits per heavy atom. The number of hydrogen-bond acceptors (Lipinski definition) is 13. The van der Waals surface area contributed by atoms with Crippen LogP contribution in [0.5, 0.6) is 11.6 Å². The zero-order valence-electron chi connectivity index (χ0n) is 33.7. The molecule has 3 N–H and O–H groups in total. The van der Waals surface area contributed by atoms with E-state index in [1.807, 2.05) is 25.5 Å². The number of anilines is 1. The van der Waals surface area contributed by atoms with Gasteiger partial charge >= 0.3 is 0 Å². The van der Waals surface area contributed by atoms with E-state index in [0.717, 1.165) is 5.56 Å². The molecule has 1 saturated heterocycles. The number of hydrogen-bond donors (Lipinski definition) is 3. The van der Waals surface area contributed by atoms with Gasteiger partial charge in [-0.2, -0.15) is 0 Å². The number of sulfonamides is 1. The highest BCUT2D eigenvalue weighted by molar-refractivity contribution is 7.91. The highest BCUT2D eigenvalue weighted by Crippen LogP contribution is 2.49. The topological polar surface area (TPSA) is 195 Å². The summed E-state index contributed by atoms with van der Waals surface area (Å²) in [6.45, 7) is 5.29. The van der Waals surface area contributed by atoms with Gasteiger partial charge in [0.15, 0.2) is 10.9 Å². The first-order valence-electron chi connectivity index (χ1n) is 19.6. The number of methoxy groups -OCH3 is 1. The first-order valence-corrected chi connectivity index (χ1v) is 22.8. The largest absolute Gasteiger partial charge is 0.494 e. The summed E-state index contributed by atoms with van der Waals surface area (Å²) in [5.41, 5.74) is -1.24. The average molecular weight is 933 g/mol. The van der Waals surface area contributed by atoms with E-state index in [0.29, 0.717) is 61.7 Å². The molecule has 3 aromatic heterocycles. The Kier molecular flexibility index (Phi) is 11.6. The third kappa shape index (κ3) is 8.76. The maximum absolute atomic E-state index is 14.9. The third-order valence-electron chi connectivity index (χ3n) is 11.2. The molecule has 3 aliphatic rings. The average Bonchev–Trinajstić information content (AvgIpc) is 4.03. The Morgan fingerprint density at radius 1 is 1.03 bits per heavy atom. The molecule has 5 atom stereocenters. The molecule has 5 aromatic rings. The fraction of sp³-hybridized carbons (Fsp3) is 0.415. The number of alkyl halides is 2. The van der Waals surface area contributed by atoms with Crippen molar-refractivity contribution in [2.24, 2.45) is 11.3 Å². The monoisotopic (exact) mass is 931 g/mol. The summed E-state index contributed by atoms with van der Waals surface area (Å²) in [6, 6.07) is 11.5. The molecule has 0 spiro atoms. The van der Waals surface area contributed by atoms with Gasteiger partial charge in [-0.1, -0.05) is 61.3 Å². The van der Waals surface area contributed by atoms with E-state index in [2.05, 4.69) is 25.8 Å². The zero-order chi connectivity index (χ0) is 44.3. The van der Waals surface area contributed by atoms with Crippen LogP contribution in [-0.2, 0) is 24.4 Å². The number of thiazole rings is 1. The molecule has 15 nitrogen and oxygen atoms in total. The van der Waals surface area contributed by atoms with Gasteiger partial charge in [0.05, 0.1) is 31.0 Å². The third-order valence-corrected chi connectivity index (χ3v) is 14.3. The van der Waals surface area contributed by atoms with Gasteiger partial charge in [-0.25, -0.2) is 27.2 Å². The molecule has 2 aromatic carbocycles. The Labute approximate surface area is 368 Å². The van der Waals surface area contributed by atoms with Crippen LogP contribution in [0.3, 0.4) is 0 Å². The highest BCUT2D eigenvalue weighted by Gasteiger charge is 2.67. The van der Waals surface area contributed by atoms with E-state index in [4.69, 9.17) is 37.2 Å². The van der Waals surface area contributed by atoms with Gasteiger partial charge < -0.3 is 29.5 Å². The molecule has 328 valence electrons. The molecule has 8 rings (SSSR count). The molecular weight excluding hydrogens is 892 g/mol. The fourth-order valence-electron chi connectivity index (χ4n) is 7.54. The maximum atomic E-state index is 14.9. The van der Waals surface area contributed by atoms with Crippen LogP contribution in [0, 0.1) is 11.3 Å². The van der Waals surface area contributed by atoms with Crippen LogP contribution < -0.4 is 24.8 Å². The Hall–Kier alpha value is -5.11. The van der Waals surface area contributed by atoms with Crippen molar-refractivity contribution in [3.8, 4) is 34.3 Å². The van der Waals surface area contributed by atoms with Crippen LogP contribution in [0.4, 0.5) is 13.9 Å². The second-order valence-electron chi connectivity index (χ2n) is 16.6. The Morgan fingerprint density at radius 2 is 1.76 bits per heavy atom. The molecule has 62 heavy (non-hydrogen) atoms. The van der Waals surface area contributed by atoms with Gasteiger partial charge in [0, 0.05) is 44.2 Å². The lowest BCUT2D eigenvalue weighted by Gasteiger charge is -2.35. The van der Waals surface area contributed by atoms with Gasteiger partial charge in [0.1, 0.15) is 40.9 Å². The zero-order valence-corrected chi connectivity index (χ0v) is 36.8. The Balaban J connectivity index is 1.08. The van der Waals surface area contributed by atoms with Crippen molar-refractivity contribution >= 4 is 78.2 Å². The number of halogens is 4. The minimum atomic E-state index is -4.15. The summed E-state index contributed by atoms with van der Waals surface area (Å²) in [6.07, 6.45) is -2.48. The minimum absolute atomic E-state index is 0.135. The molecule has 3 amide bonds. The summed E-state index contributed by atoms with van der Waals surface area (Å²) in [5.74, 6) is -3.45. The van der Waals surface area contributed by atoms with E-state index in [1.165, 1.54) is 29.5 Å². The summed E-state index contributed by atoms with van der Waals surface area (Å²) in [4.78, 5) is 53.2. The molecule has 2 saturated carbocycles.